The van der Waals surface area contributed by atoms with Gasteiger partial charge in [-0.1, -0.05) is 30.8 Å². The monoisotopic (exact) mass is 558 g/mol. The third kappa shape index (κ3) is 3.97. The number of amides is 4. The predicted octanol–water partition coefficient (Wildman–Crippen LogP) is 4.75. The van der Waals surface area contributed by atoms with Gasteiger partial charge in [0.05, 0.1) is 44.8 Å². The molecule has 2 N–H and O–H groups in total. The number of rotatable bonds is 6. The van der Waals surface area contributed by atoms with Gasteiger partial charge in [-0.15, -0.1) is 0 Å². The minimum absolute atomic E-state index is 0.00654. The number of hydrogen-bond acceptors (Lipinski definition) is 6. The Morgan fingerprint density at radius 3 is 1.45 bits per heavy atom. The van der Waals surface area contributed by atoms with Crippen LogP contribution < -0.4 is 9.80 Å². The Hall–Kier alpha value is -6.16. The summed E-state index contributed by atoms with van der Waals surface area (Å²) in [6.45, 7) is 4.13. The van der Waals surface area contributed by atoms with Crippen LogP contribution in [0.4, 0.5) is 11.4 Å². The second-order valence-electron chi connectivity index (χ2n) is 9.60. The van der Waals surface area contributed by atoms with Crippen molar-refractivity contribution in [3.05, 3.63) is 136 Å². The summed E-state index contributed by atoms with van der Waals surface area (Å²) >= 11 is 0. The number of benzene rings is 4. The van der Waals surface area contributed by atoms with Crippen LogP contribution in [0.25, 0.3) is 5.57 Å². The molecule has 42 heavy (non-hydrogen) atoms. The molecule has 0 bridgehead atoms. The molecular formula is C32H18N2O8. The number of fused-ring (bicyclic) bond motifs is 2. The molecule has 2 aliphatic heterocycles. The summed E-state index contributed by atoms with van der Waals surface area (Å²) in [6, 6.07) is 20.6. The molecular weight excluding hydrogens is 540 g/mol. The molecule has 10 heteroatoms. The van der Waals surface area contributed by atoms with Gasteiger partial charge in [0.15, 0.2) is 0 Å². The first-order chi connectivity index (χ1) is 20.1. The normalized spacial score (nSPS) is 13.8. The predicted molar refractivity (Wildman–Crippen MR) is 150 cm³/mol. The number of carboxylic acids is 2. The van der Waals surface area contributed by atoms with E-state index >= 15 is 0 Å². The van der Waals surface area contributed by atoms with Gasteiger partial charge >= 0.3 is 11.9 Å². The smallest absolute Gasteiger partial charge is 0.335 e. The maximum atomic E-state index is 13.1. The molecule has 0 radical (unpaired) electrons. The van der Waals surface area contributed by atoms with Crippen molar-refractivity contribution in [2.45, 2.75) is 0 Å². The van der Waals surface area contributed by atoms with Gasteiger partial charge in [-0.05, 0) is 77.4 Å². The van der Waals surface area contributed by atoms with Crippen LogP contribution in [0, 0.1) is 0 Å². The highest BCUT2D eigenvalue weighted by molar-refractivity contribution is 6.35. The van der Waals surface area contributed by atoms with Crippen LogP contribution >= 0.6 is 0 Å². The summed E-state index contributed by atoms with van der Waals surface area (Å²) < 4.78 is 0. The topological polar surface area (TPSA) is 149 Å². The summed E-state index contributed by atoms with van der Waals surface area (Å²) in [6.07, 6.45) is 0. The van der Waals surface area contributed by atoms with E-state index in [1.807, 2.05) is 0 Å². The van der Waals surface area contributed by atoms with E-state index in [0.717, 1.165) is 9.80 Å². The number of hydrogen-bond donors (Lipinski definition) is 2. The van der Waals surface area contributed by atoms with Crippen LogP contribution in [0.3, 0.4) is 0 Å². The number of anilines is 2. The molecule has 2 heterocycles. The van der Waals surface area contributed by atoms with Crippen molar-refractivity contribution in [2.24, 2.45) is 0 Å². The van der Waals surface area contributed by atoms with Gasteiger partial charge in [0.2, 0.25) is 0 Å². The third-order valence-electron chi connectivity index (χ3n) is 7.19. The molecule has 0 saturated carbocycles. The zero-order valence-electron chi connectivity index (χ0n) is 21.5. The van der Waals surface area contributed by atoms with Gasteiger partial charge in [0.1, 0.15) is 0 Å². The summed E-state index contributed by atoms with van der Waals surface area (Å²) in [5.74, 6) is -4.83. The summed E-state index contributed by atoms with van der Waals surface area (Å²) in [4.78, 5) is 76.6. The Labute approximate surface area is 237 Å². The van der Waals surface area contributed by atoms with E-state index in [1.165, 1.54) is 36.4 Å². The zero-order chi connectivity index (χ0) is 29.9. The molecule has 204 valence electrons. The highest BCUT2D eigenvalue weighted by Crippen LogP contribution is 2.34. The molecule has 0 saturated heterocycles. The molecule has 10 nitrogen and oxygen atoms in total. The van der Waals surface area contributed by atoms with E-state index in [9.17, 15) is 39.0 Å². The fourth-order valence-corrected chi connectivity index (χ4v) is 5.03. The fourth-order valence-electron chi connectivity index (χ4n) is 5.03. The lowest BCUT2D eigenvalue weighted by molar-refractivity contribution is 0.0686. The molecule has 4 amide bonds. The van der Waals surface area contributed by atoms with Gasteiger partial charge < -0.3 is 10.2 Å². The summed E-state index contributed by atoms with van der Waals surface area (Å²) in [7, 11) is 0. The van der Waals surface area contributed by atoms with Crippen molar-refractivity contribution in [3.63, 3.8) is 0 Å². The lowest BCUT2D eigenvalue weighted by Gasteiger charge is -2.17. The fraction of sp³-hybridized carbons (Fsp3) is 0. The molecule has 4 aromatic rings. The second kappa shape index (κ2) is 9.49. The van der Waals surface area contributed by atoms with Gasteiger partial charge in [0, 0.05) is 0 Å². The van der Waals surface area contributed by atoms with E-state index in [1.54, 1.807) is 48.5 Å². The standard InChI is InChI=1S/C32H18N2O8/c1-16(17-5-9-21(10-6-17)33-27(35)23-11-7-19(31(39)40)14-25(23)29(33)37)18-3-2-4-22(13-18)34-28(36)24-12-8-20(32(41)42)15-26(24)30(34)38/h2-15H,1H2,(H,39,40)(H,41,42). The molecule has 0 fully saturated rings. The average Bonchev–Trinajstić information content (AvgIpc) is 3.40. The first-order valence-electron chi connectivity index (χ1n) is 12.5. The number of carboxylic acid groups (broad SMARTS) is 2. The number of nitrogens with zero attached hydrogens (tertiary/aromatic N) is 2. The lowest BCUT2D eigenvalue weighted by atomic mass is 9.98. The van der Waals surface area contributed by atoms with E-state index in [2.05, 4.69) is 6.58 Å². The summed E-state index contributed by atoms with van der Waals surface area (Å²) in [5.41, 5.74) is 2.35. The van der Waals surface area contributed by atoms with Crippen LogP contribution in [-0.2, 0) is 0 Å². The number of imide groups is 2. The van der Waals surface area contributed by atoms with Gasteiger partial charge in [-0.25, -0.2) is 19.4 Å². The molecule has 0 aromatic heterocycles. The molecule has 6 rings (SSSR count). The third-order valence-corrected chi connectivity index (χ3v) is 7.19. The maximum absolute atomic E-state index is 13.1. The maximum Gasteiger partial charge on any atom is 0.335 e. The van der Waals surface area contributed by atoms with Crippen molar-refractivity contribution < 1.29 is 39.0 Å². The Bertz CT molecular complexity index is 1940. The van der Waals surface area contributed by atoms with Gasteiger partial charge in [-0.2, -0.15) is 0 Å². The Morgan fingerprint density at radius 1 is 0.500 bits per heavy atom. The van der Waals surface area contributed by atoms with E-state index in [-0.39, 0.29) is 44.8 Å². The van der Waals surface area contributed by atoms with Crippen molar-refractivity contribution >= 4 is 52.5 Å². The molecule has 0 aliphatic carbocycles. The minimum atomic E-state index is -1.21. The van der Waals surface area contributed by atoms with Crippen LogP contribution in [0.2, 0.25) is 0 Å². The SMILES string of the molecule is C=C(c1ccc(N2C(=O)c3ccc(C(=O)O)cc3C2=O)cc1)c1cccc(N2C(=O)c3ccc(C(=O)O)cc3C2=O)c1. The molecule has 0 atom stereocenters. The number of carbonyl (C=O) groups is 6. The van der Waals surface area contributed by atoms with E-state index < -0.39 is 35.6 Å². The van der Waals surface area contributed by atoms with Crippen LogP contribution in [0.5, 0.6) is 0 Å². The van der Waals surface area contributed by atoms with E-state index in [4.69, 9.17) is 0 Å². The molecule has 2 aliphatic rings. The second-order valence-corrected chi connectivity index (χ2v) is 9.60. The first kappa shape index (κ1) is 26.1. The molecule has 4 aromatic carbocycles. The highest BCUT2D eigenvalue weighted by Gasteiger charge is 2.38. The minimum Gasteiger partial charge on any atom is -0.478 e. The average molecular weight is 559 g/mol. The largest absolute Gasteiger partial charge is 0.478 e. The van der Waals surface area contributed by atoms with Crippen molar-refractivity contribution in [1.82, 2.24) is 0 Å². The Morgan fingerprint density at radius 2 is 0.952 bits per heavy atom. The highest BCUT2D eigenvalue weighted by atomic mass is 16.4. The van der Waals surface area contributed by atoms with Gasteiger partial charge in [-0.3, -0.25) is 19.2 Å². The van der Waals surface area contributed by atoms with Crippen LogP contribution in [0.1, 0.15) is 73.3 Å². The number of aromatic carboxylic acids is 2. The Balaban J connectivity index is 1.25. The van der Waals surface area contributed by atoms with Crippen LogP contribution in [0.15, 0.2) is 91.5 Å². The lowest BCUT2D eigenvalue weighted by Crippen LogP contribution is -2.29. The quantitative estimate of drug-likeness (QED) is 0.322. The van der Waals surface area contributed by atoms with Crippen molar-refractivity contribution in [1.29, 1.82) is 0 Å². The molecule has 0 unspecified atom stereocenters. The zero-order valence-corrected chi connectivity index (χ0v) is 21.5. The Kier molecular flexibility index (Phi) is 5.89. The van der Waals surface area contributed by atoms with Gasteiger partial charge in [0.25, 0.3) is 23.6 Å². The number of carbonyl (C=O) groups excluding carboxylic acids is 4. The first-order valence-corrected chi connectivity index (χ1v) is 12.5. The van der Waals surface area contributed by atoms with E-state index in [0.29, 0.717) is 16.7 Å². The van der Waals surface area contributed by atoms with Crippen LogP contribution in [-0.4, -0.2) is 45.8 Å². The van der Waals surface area contributed by atoms with Crippen molar-refractivity contribution in [3.8, 4) is 0 Å². The van der Waals surface area contributed by atoms with Crippen molar-refractivity contribution in [2.75, 3.05) is 9.80 Å². The molecule has 0 spiro atoms. The summed E-state index contributed by atoms with van der Waals surface area (Å²) in [5, 5.41) is 18.5.